The average molecular weight is 133 g/mol. The van der Waals surface area contributed by atoms with Gasteiger partial charge in [0.15, 0.2) is 0 Å². The number of amides is 1. The molecule has 0 aromatic carbocycles. The summed E-state index contributed by atoms with van der Waals surface area (Å²) in [7, 11) is 0. The molecule has 56 valence electrons. The fourth-order valence-corrected chi connectivity index (χ4v) is 0.0900. The Labute approximate surface area is 55.9 Å². The minimum atomic E-state index is -0.456. The van der Waals surface area contributed by atoms with Gasteiger partial charge in [-0.15, -0.1) is 0 Å². The Hall–Kier alpha value is -0.570. The Morgan fingerprint density at radius 2 is 2.00 bits per heavy atom. The zero-order valence-corrected chi connectivity index (χ0v) is 6.22. The van der Waals surface area contributed by atoms with Crippen LogP contribution in [-0.2, 0) is 4.79 Å². The molecule has 0 aliphatic heterocycles. The molecule has 1 amide bonds. The van der Waals surface area contributed by atoms with Gasteiger partial charge in [0.1, 0.15) is 0 Å². The zero-order chi connectivity index (χ0) is 7.86. The lowest BCUT2D eigenvalue weighted by molar-refractivity contribution is -0.122. The zero-order valence-electron chi connectivity index (χ0n) is 6.22. The number of carbonyl (C=O) groups excluding carboxylic acids is 1. The van der Waals surface area contributed by atoms with Gasteiger partial charge < -0.3 is 10.8 Å². The average Bonchev–Trinajstić information content (AvgIpc) is 1.91. The normalized spacial score (nSPS) is 11.1. The maximum atomic E-state index is 9.99. The molecule has 0 aliphatic carbocycles. The minimum Gasteiger partial charge on any atom is -0.396 e. The van der Waals surface area contributed by atoms with E-state index in [9.17, 15) is 4.79 Å². The minimum absolute atomic E-state index is 0.157. The van der Waals surface area contributed by atoms with Crippen LogP contribution in [0.1, 0.15) is 20.8 Å². The van der Waals surface area contributed by atoms with E-state index in [1.807, 2.05) is 13.8 Å². The number of nitrogens with two attached hydrogens (primary N) is 1. The highest BCUT2D eigenvalue weighted by atomic mass is 16.3. The van der Waals surface area contributed by atoms with Crippen molar-refractivity contribution < 1.29 is 9.90 Å². The van der Waals surface area contributed by atoms with Crippen LogP contribution in [0.3, 0.4) is 0 Å². The van der Waals surface area contributed by atoms with Crippen LogP contribution in [0.2, 0.25) is 0 Å². The Morgan fingerprint density at radius 3 is 2.00 bits per heavy atom. The number of hydrogen-bond donors (Lipinski definition) is 2. The van der Waals surface area contributed by atoms with Gasteiger partial charge in [0, 0.05) is 0 Å². The number of aliphatic hydroxyl groups excluding tert-OH is 1. The summed E-state index contributed by atoms with van der Waals surface area (Å²) >= 11 is 0. The van der Waals surface area contributed by atoms with Crippen molar-refractivity contribution in [1.29, 1.82) is 0 Å². The van der Waals surface area contributed by atoms with E-state index in [2.05, 4.69) is 0 Å². The number of aliphatic hydroxyl groups is 1. The number of rotatable bonds is 2. The van der Waals surface area contributed by atoms with Crippen molar-refractivity contribution in [2.45, 2.75) is 20.8 Å². The standard InChI is InChI=1S/C4H9NO2.C2H6/c1-3(2-6)4(5)7;1-2/h3,6H,2H2,1H3,(H2,5,7);1-2H3. The lowest BCUT2D eigenvalue weighted by Gasteiger charge is -1.97. The molecule has 0 spiro atoms. The molecule has 3 heteroatoms. The van der Waals surface area contributed by atoms with Crippen molar-refractivity contribution >= 4 is 5.91 Å². The Morgan fingerprint density at radius 1 is 1.67 bits per heavy atom. The van der Waals surface area contributed by atoms with Gasteiger partial charge in [-0.3, -0.25) is 4.79 Å². The predicted molar refractivity (Wildman–Crippen MR) is 36.8 cm³/mol. The molecular weight excluding hydrogens is 118 g/mol. The van der Waals surface area contributed by atoms with Crippen LogP contribution < -0.4 is 5.73 Å². The monoisotopic (exact) mass is 133 g/mol. The molecule has 0 bridgehead atoms. The van der Waals surface area contributed by atoms with Gasteiger partial charge in [0.25, 0.3) is 0 Å². The van der Waals surface area contributed by atoms with Gasteiger partial charge in [-0.05, 0) is 0 Å². The second kappa shape index (κ2) is 7.43. The summed E-state index contributed by atoms with van der Waals surface area (Å²) in [6.07, 6.45) is 0. The maximum Gasteiger partial charge on any atom is 0.222 e. The maximum absolute atomic E-state index is 9.99. The lowest BCUT2D eigenvalue weighted by atomic mass is 10.2. The van der Waals surface area contributed by atoms with Crippen LogP contribution in [0.25, 0.3) is 0 Å². The van der Waals surface area contributed by atoms with Gasteiger partial charge >= 0.3 is 0 Å². The van der Waals surface area contributed by atoms with E-state index >= 15 is 0 Å². The fourth-order valence-electron chi connectivity index (χ4n) is 0.0900. The van der Waals surface area contributed by atoms with Crippen LogP contribution >= 0.6 is 0 Å². The largest absolute Gasteiger partial charge is 0.396 e. The van der Waals surface area contributed by atoms with Gasteiger partial charge in [0.05, 0.1) is 12.5 Å². The molecule has 0 saturated heterocycles. The molecule has 0 saturated carbocycles. The molecule has 0 radical (unpaired) electrons. The van der Waals surface area contributed by atoms with E-state index in [0.29, 0.717) is 0 Å². The lowest BCUT2D eigenvalue weighted by Crippen LogP contribution is -2.22. The third-order valence-electron chi connectivity index (χ3n) is 0.760. The van der Waals surface area contributed by atoms with E-state index in [4.69, 9.17) is 10.8 Å². The van der Waals surface area contributed by atoms with Crippen molar-refractivity contribution in [3.8, 4) is 0 Å². The van der Waals surface area contributed by atoms with Crippen molar-refractivity contribution in [2.24, 2.45) is 11.7 Å². The van der Waals surface area contributed by atoms with Crippen LogP contribution in [0.15, 0.2) is 0 Å². The highest BCUT2D eigenvalue weighted by Crippen LogP contribution is 1.86. The number of primary amides is 1. The topological polar surface area (TPSA) is 63.3 Å². The summed E-state index contributed by atoms with van der Waals surface area (Å²) in [6, 6.07) is 0. The summed E-state index contributed by atoms with van der Waals surface area (Å²) in [5.74, 6) is -0.859. The van der Waals surface area contributed by atoms with Crippen molar-refractivity contribution in [3.63, 3.8) is 0 Å². The van der Waals surface area contributed by atoms with E-state index in [0.717, 1.165) is 0 Å². The molecule has 1 atom stereocenters. The molecule has 0 aromatic heterocycles. The van der Waals surface area contributed by atoms with Crippen molar-refractivity contribution in [1.82, 2.24) is 0 Å². The van der Waals surface area contributed by atoms with Gasteiger partial charge in [0.2, 0.25) is 5.91 Å². The smallest absolute Gasteiger partial charge is 0.222 e. The summed E-state index contributed by atoms with van der Waals surface area (Å²) < 4.78 is 0. The Bertz CT molecular complexity index is 73.5. The molecule has 0 rings (SSSR count). The summed E-state index contributed by atoms with van der Waals surface area (Å²) in [5, 5.41) is 8.20. The van der Waals surface area contributed by atoms with Crippen LogP contribution in [0.5, 0.6) is 0 Å². The molecule has 3 N–H and O–H groups in total. The number of carbonyl (C=O) groups is 1. The highest BCUT2D eigenvalue weighted by Gasteiger charge is 2.03. The first-order chi connectivity index (χ1) is 4.18. The van der Waals surface area contributed by atoms with Gasteiger partial charge in [-0.2, -0.15) is 0 Å². The van der Waals surface area contributed by atoms with E-state index in [1.165, 1.54) is 0 Å². The van der Waals surface area contributed by atoms with E-state index in [-0.39, 0.29) is 6.61 Å². The molecule has 0 heterocycles. The summed E-state index contributed by atoms with van der Waals surface area (Å²) in [6.45, 7) is 5.41. The van der Waals surface area contributed by atoms with Crippen LogP contribution in [0.4, 0.5) is 0 Å². The quantitative estimate of drug-likeness (QED) is 0.562. The van der Waals surface area contributed by atoms with E-state index in [1.54, 1.807) is 6.92 Å². The summed E-state index contributed by atoms with van der Waals surface area (Å²) in [4.78, 5) is 9.99. The third-order valence-corrected chi connectivity index (χ3v) is 0.760. The number of hydrogen-bond acceptors (Lipinski definition) is 2. The van der Waals surface area contributed by atoms with Crippen LogP contribution in [0, 0.1) is 5.92 Å². The second-order valence-corrected chi connectivity index (χ2v) is 1.49. The first-order valence-electron chi connectivity index (χ1n) is 3.08. The molecule has 3 nitrogen and oxygen atoms in total. The van der Waals surface area contributed by atoms with Gasteiger partial charge in [-0.1, -0.05) is 20.8 Å². The molecule has 1 unspecified atom stereocenters. The second-order valence-electron chi connectivity index (χ2n) is 1.49. The fraction of sp³-hybridized carbons (Fsp3) is 0.833. The predicted octanol–water partition coefficient (Wildman–Crippen LogP) is 0.126. The highest BCUT2D eigenvalue weighted by molar-refractivity contribution is 5.76. The molecule has 0 aliphatic rings. The molecule has 0 aromatic rings. The van der Waals surface area contributed by atoms with Crippen LogP contribution in [-0.4, -0.2) is 17.6 Å². The first kappa shape index (κ1) is 11.3. The Kier molecular flexibility index (Phi) is 9.29. The van der Waals surface area contributed by atoms with Crippen molar-refractivity contribution in [3.05, 3.63) is 0 Å². The Balaban J connectivity index is 0. The first-order valence-corrected chi connectivity index (χ1v) is 3.08. The summed E-state index contributed by atoms with van der Waals surface area (Å²) in [5.41, 5.74) is 4.75. The third kappa shape index (κ3) is 7.43. The molecule has 0 fully saturated rings. The van der Waals surface area contributed by atoms with E-state index < -0.39 is 11.8 Å². The van der Waals surface area contributed by atoms with Gasteiger partial charge in [-0.25, -0.2) is 0 Å². The van der Waals surface area contributed by atoms with Crippen molar-refractivity contribution in [2.75, 3.05) is 6.61 Å². The molecular formula is C6H15NO2. The SMILES string of the molecule is CC.CC(CO)C(N)=O. The molecule has 9 heavy (non-hydrogen) atoms.